The van der Waals surface area contributed by atoms with Crippen molar-refractivity contribution in [2.24, 2.45) is 11.8 Å². The lowest BCUT2D eigenvalue weighted by Gasteiger charge is -2.34. The molecule has 0 bridgehead atoms. The molecule has 0 saturated heterocycles. The van der Waals surface area contributed by atoms with Gasteiger partial charge < -0.3 is 14.8 Å². The van der Waals surface area contributed by atoms with Gasteiger partial charge in [0.05, 0.1) is 12.7 Å². The quantitative estimate of drug-likeness (QED) is 0.839. The first-order valence-electron chi connectivity index (χ1n) is 8.22. The molecule has 1 aromatic carbocycles. The number of hydrogen-bond donors (Lipinski definition) is 1. The molecule has 1 amide bonds. The van der Waals surface area contributed by atoms with Gasteiger partial charge in [-0.25, -0.2) is 9.18 Å². The van der Waals surface area contributed by atoms with Crippen LogP contribution >= 0.6 is 0 Å². The van der Waals surface area contributed by atoms with Crippen molar-refractivity contribution in [1.29, 1.82) is 0 Å². The minimum atomic E-state index is -0.865. The van der Waals surface area contributed by atoms with Crippen molar-refractivity contribution < 1.29 is 23.5 Å². The fourth-order valence-corrected chi connectivity index (χ4v) is 3.03. The third-order valence-corrected chi connectivity index (χ3v) is 4.78. The summed E-state index contributed by atoms with van der Waals surface area (Å²) in [5, 5.41) is 2.91. The van der Waals surface area contributed by atoms with Crippen LogP contribution in [0.1, 0.15) is 43.5 Å². The maximum Gasteiger partial charge on any atom is 0.341 e. The van der Waals surface area contributed by atoms with Crippen molar-refractivity contribution in [3.8, 4) is 5.75 Å². The predicted molar refractivity (Wildman–Crippen MR) is 87.3 cm³/mol. The summed E-state index contributed by atoms with van der Waals surface area (Å²) in [6.07, 6.45) is 3.17. The maximum atomic E-state index is 13.8. The van der Waals surface area contributed by atoms with E-state index in [0.717, 1.165) is 18.9 Å². The Morgan fingerprint density at radius 1 is 1.29 bits per heavy atom. The largest absolute Gasteiger partial charge is 0.497 e. The molecule has 132 valence electrons. The summed E-state index contributed by atoms with van der Waals surface area (Å²) in [6, 6.07) is 3.93. The smallest absolute Gasteiger partial charge is 0.341 e. The van der Waals surface area contributed by atoms with E-state index in [4.69, 9.17) is 9.47 Å². The Labute approximate surface area is 141 Å². The standard InChI is InChI=1S/C18H24FNO4/c1-11-5-4-6-16(12(11)2)20-17(21)10-24-18(22)14-8-7-13(23-3)9-15(14)19/h7-9,11-12,16H,4-6,10H2,1-3H3,(H,20,21)/t11-,12+,16-/m0/s1. The fourth-order valence-electron chi connectivity index (χ4n) is 3.03. The molecule has 1 aliphatic rings. The SMILES string of the molecule is COc1ccc(C(=O)OCC(=O)N[C@H]2CCC[C@H](C)[C@H]2C)c(F)c1. The van der Waals surface area contributed by atoms with Gasteiger partial charge >= 0.3 is 5.97 Å². The lowest BCUT2D eigenvalue weighted by molar-refractivity contribution is -0.125. The monoisotopic (exact) mass is 337 g/mol. The predicted octanol–water partition coefficient (Wildman–Crippen LogP) is 2.93. The topological polar surface area (TPSA) is 64.6 Å². The highest BCUT2D eigenvalue weighted by molar-refractivity contribution is 5.91. The molecule has 0 unspecified atom stereocenters. The van der Waals surface area contributed by atoms with Gasteiger partial charge in [0.25, 0.3) is 5.91 Å². The van der Waals surface area contributed by atoms with Crippen LogP contribution < -0.4 is 10.1 Å². The van der Waals surface area contributed by atoms with Crippen LogP contribution in [-0.2, 0) is 9.53 Å². The minimum absolute atomic E-state index is 0.0951. The lowest BCUT2D eigenvalue weighted by atomic mass is 9.78. The molecular weight excluding hydrogens is 313 g/mol. The molecule has 0 aromatic heterocycles. The Hall–Kier alpha value is -2.11. The lowest BCUT2D eigenvalue weighted by Crippen LogP contribution is -2.45. The van der Waals surface area contributed by atoms with Crippen LogP contribution in [0.5, 0.6) is 5.75 Å². The van der Waals surface area contributed by atoms with E-state index in [-0.39, 0.29) is 17.5 Å². The molecule has 5 nitrogen and oxygen atoms in total. The molecule has 2 rings (SSSR count). The molecule has 0 spiro atoms. The highest BCUT2D eigenvalue weighted by Gasteiger charge is 2.28. The summed E-state index contributed by atoms with van der Waals surface area (Å²) < 4.78 is 23.6. The van der Waals surface area contributed by atoms with Gasteiger partial charge in [0.15, 0.2) is 6.61 Å². The molecule has 1 aliphatic carbocycles. The first-order valence-corrected chi connectivity index (χ1v) is 8.22. The van der Waals surface area contributed by atoms with Crippen LogP contribution in [0.3, 0.4) is 0 Å². The number of rotatable bonds is 5. The number of amides is 1. The van der Waals surface area contributed by atoms with Crippen molar-refractivity contribution in [2.45, 2.75) is 39.2 Å². The van der Waals surface area contributed by atoms with Gasteiger partial charge in [-0.3, -0.25) is 4.79 Å². The summed E-state index contributed by atoms with van der Waals surface area (Å²) in [5.74, 6) is -0.715. The minimum Gasteiger partial charge on any atom is -0.497 e. The van der Waals surface area contributed by atoms with Gasteiger partial charge in [-0.05, 0) is 30.4 Å². The zero-order valence-electron chi connectivity index (χ0n) is 14.3. The van der Waals surface area contributed by atoms with E-state index in [2.05, 4.69) is 19.2 Å². The van der Waals surface area contributed by atoms with Gasteiger partial charge in [0.1, 0.15) is 11.6 Å². The van der Waals surface area contributed by atoms with E-state index in [0.29, 0.717) is 17.6 Å². The first-order chi connectivity index (χ1) is 11.4. The molecule has 1 saturated carbocycles. The van der Waals surface area contributed by atoms with Crippen LogP contribution in [0.15, 0.2) is 18.2 Å². The van der Waals surface area contributed by atoms with Gasteiger partial charge in [-0.2, -0.15) is 0 Å². The molecule has 1 aromatic rings. The summed E-state index contributed by atoms with van der Waals surface area (Å²) >= 11 is 0. The number of carbonyl (C=O) groups is 2. The van der Waals surface area contributed by atoms with E-state index in [1.54, 1.807) is 0 Å². The molecular formula is C18H24FNO4. The summed E-state index contributed by atoms with van der Waals surface area (Å²) in [6.45, 7) is 3.88. The average Bonchev–Trinajstić information content (AvgIpc) is 2.56. The average molecular weight is 337 g/mol. The Morgan fingerprint density at radius 2 is 2.04 bits per heavy atom. The summed E-state index contributed by atoms with van der Waals surface area (Å²) in [5.41, 5.74) is -0.219. The summed E-state index contributed by atoms with van der Waals surface area (Å²) in [7, 11) is 1.41. The normalized spacial score (nSPS) is 23.4. The molecule has 3 atom stereocenters. The molecule has 0 aliphatic heterocycles. The molecule has 24 heavy (non-hydrogen) atoms. The van der Waals surface area contributed by atoms with Crippen LogP contribution in [0.4, 0.5) is 4.39 Å². The first kappa shape index (κ1) is 18.2. The van der Waals surface area contributed by atoms with E-state index in [1.807, 2.05) is 0 Å². The van der Waals surface area contributed by atoms with Crippen molar-refractivity contribution >= 4 is 11.9 Å². The van der Waals surface area contributed by atoms with Crippen LogP contribution in [0.25, 0.3) is 0 Å². The van der Waals surface area contributed by atoms with Gasteiger partial charge in [-0.15, -0.1) is 0 Å². The highest BCUT2D eigenvalue weighted by Crippen LogP contribution is 2.29. The van der Waals surface area contributed by atoms with Gasteiger partial charge in [0, 0.05) is 12.1 Å². The zero-order chi connectivity index (χ0) is 17.7. The fraction of sp³-hybridized carbons (Fsp3) is 0.556. The van der Waals surface area contributed by atoms with Crippen molar-refractivity contribution in [2.75, 3.05) is 13.7 Å². The van der Waals surface area contributed by atoms with E-state index in [1.165, 1.54) is 25.7 Å². The Bertz CT molecular complexity index is 605. The third kappa shape index (κ3) is 4.46. The number of hydrogen-bond acceptors (Lipinski definition) is 4. The number of halogens is 1. The van der Waals surface area contributed by atoms with E-state index >= 15 is 0 Å². The molecule has 1 N–H and O–H groups in total. The van der Waals surface area contributed by atoms with Crippen molar-refractivity contribution in [3.63, 3.8) is 0 Å². The molecule has 6 heteroatoms. The van der Waals surface area contributed by atoms with Gasteiger partial charge in [0.2, 0.25) is 0 Å². The Balaban J connectivity index is 1.86. The van der Waals surface area contributed by atoms with Gasteiger partial charge in [-0.1, -0.05) is 26.7 Å². The number of methoxy groups -OCH3 is 1. The highest BCUT2D eigenvalue weighted by atomic mass is 19.1. The van der Waals surface area contributed by atoms with E-state index < -0.39 is 18.4 Å². The summed E-state index contributed by atoms with van der Waals surface area (Å²) in [4.78, 5) is 23.9. The Morgan fingerprint density at radius 3 is 2.71 bits per heavy atom. The second kappa shape index (κ2) is 8.13. The third-order valence-electron chi connectivity index (χ3n) is 4.78. The van der Waals surface area contributed by atoms with Crippen LogP contribution in [0.2, 0.25) is 0 Å². The van der Waals surface area contributed by atoms with Crippen molar-refractivity contribution in [1.82, 2.24) is 5.32 Å². The van der Waals surface area contributed by atoms with Crippen LogP contribution in [-0.4, -0.2) is 31.6 Å². The number of ether oxygens (including phenoxy) is 2. The van der Waals surface area contributed by atoms with Crippen LogP contribution in [0, 0.1) is 17.7 Å². The number of esters is 1. The molecule has 1 fully saturated rings. The maximum absolute atomic E-state index is 13.8. The second-order valence-corrected chi connectivity index (χ2v) is 6.36. The second-order valence-electron chi connectivity index (χ2n) is 6.36. The molecule has 0 radical (unpaired) electrons. The van der Waals surface area contributed by atoms with E-state index in [9.17, 15) is 14.0 Å². The zero-order valence-corrected chi connectivity index (χ0v) is 14.3. The number of benzene rings is 1. The number of nitrogens with one attached hydrogen (secondary N) is 1. The number of carbonyl (C=O) groups excluding carboxylic acids is 2. The van der Waals surface area contributed by atoms with Crippen molar-refractivity contribution in [3.05, 3.63) is 29.6 Å². The molecule has 0 heterocycles. The Kier molecular flexibility index (Phi) is 6.17.